The van der Waals surface area contributed by atoms with Gasteiger partial charge in [-0.2, -0.15) is 5.26 Å². The molecule has 2 heteroatoms. The van der Waals surface area contributed by atoms with Crippen molar-refractivity contribution in [3.05, 3.63) is 0 Å². The Morgan fingerprint density at radius 1 is 1.44 bits per heavy atom. The van der Waals surface area contributed by atoms with Gasteiger partial charge in [-0.25, -0.2) is 0 Å². The summed E-state index contributed by atoms with van der Waals surface area (Å²) in [7, 11) is 0. The molecule has 1 atom stereocenters. The molecular weight excluding hydrogens is 112 g/mol. The van der Waals surface area contributed by atoms with E-state index < -0.39 is 0 Å². The summed E-state index contributed by atoms with van der Waals surface area (Å²) in [5, 5.41) is 7.77. The number of hydrogen-bond acceptors (Lipinski definition) is 2. The number of hydrogen-bond donors (Lipinski definition) is 1. The monoisotopic (exact) mass is 128 g/mol. The van der Waals surface area contributed by atoms with Crippen molar-refractivity contribution in [2.24, 2.45) is 5.73 Å². The van der Waals surface area contributed by atoms with Crippen molar-refractivity contribution >= 4 is 0 Å². The van der Waals surface area contributed by atoms with Gasteiger partial charge < -0.3 is 5.73 Å². The first-order valence-electron chi connectivity index (χ1n) is 3.34. The molecule has 0 rings (SSSR count). The Hall–Kier alpha value is -0.550. The fourth-order valence-electron chi connectivity index (χ4n) is 0. The van der Waals surface area contributed by atoms with Crippen molar-refractivity contribution in [1.82, 2.24) is 0 Å². The SMILES string of the molecule is CC(N)C#N.CCCC. The lowest BCUT2D eigenvalue weighted by Crippen LogP contribution is -2.09. The third kappa shape index (κ3) is 36.9. The molecule has 0 fully saturated rings. The van der Waals surface area contributed by atoms with Crippen LogP contribution in [0.3, 0.4) is 0 Å². The first-order valence-corrected chi connectivity index (χ1v) is 3.34. The zero-order chi connectivity index (χ0) is 7.70. The van der Waals surface area contributed by atoms with Crippen molar-refractivity contribution in [2.75, 3.05) is 0 Å². The average Bonchev–Trinajstić information content (AvgIpc) is 1.89. The van der Waals surface area contributed by atoms with E-state index in [1.165, 1.54) is 12.8 Å². The zero-order valence-corrected chi connectivity index (χ0v) is 6.52. The minimum Gasteiger partial charge on any atom is -0.316 e. The number of unbranched alkanes of at least 4 members (excludes halogenated alkanes) is 1. The van der Waals surface area contributed by atoms with E-state index in [4.69, 9.17) is 11.0 Å². The van der Waals surface area contributed by atoms with Gasteiger partial charge in [0.25, 0.3) is 0 Å². The maximum absolute atomic E-state index is 7.77. The summed E-state index contributed by atoms with van der Waals surface area (Å²) in [6.07, 6.45) is 2.64. The molecule has 0 aliphatic carbocycles. The molecular formula is C7H16N2. The molecule has 0 aromatic carbocycles. The van der Waals surface area contributed by atoms with E-state index in [0.29, 0.717) is 0 Å². The molecule has 0 saturated carbocycles. The van der Waals surface area contributed by atoms with Crippen LogP contribution in [-0.4, -0.2) is 6.04 Å². The summed E-state index contributed by atoms with van der Waals surface area (Å²) < 4.78 is 0. The Labute approximate surface area is 57.7 Å². The summed E-state index contributed by atoms with van der Waals surface area (Å²) >= 11 is 0. The van der Waals surface area contributed by atoms with Gasteiger partial charge in [0.1, 0.15) is 0 Å². The Morgan fingerprint density at radius 2 is 1.67 bits per heavy atom. The minimum absolute atomic E-state index is 0.310. The van der Waals surface area contributed by atoms with Crippen LogP contribution >= 0.6 is 0 Å². The Bertz CT molecular complexity index is 69.5. The predicted octanol–water partition coefficient (Wildman–Crippen LogP) is 1.66. The normalized spacial score (nSPS) is 10.6. The molecule has 2 N–H and O–H groups in total. The summed E-state index contributed by atoms with van der Waals surface area (Å²) in [5.74, 6) is 0. The van der Waals surface area contributed by atoms with E-state index in [1.54, 1.807) is 13.0 Å². The number of nitriles is 1. The molecule has 1 unspecified atom stereocenters. The Morgan fingerprint density at radius 3 is 1.67 bits per heavy atom. The summed E-state index contributed by atoms with van der Waals surface area (Å²) in [6, 6.07) is 1.50. The Kier molecular flexibility index (Phi) is 13.1. The van der Waals surface area contributed by atoms with Gasteiger partial charge in [0.05, 0.1) is 12.1 Å². The first-order chi connectivity index (χ1) is 4.18. The standard InChI is InChI=1S/C4H10.C3H6N2/c1-3-4-2;1-3(5)2-4/h3-4H2,1-2H3;3H,5H2,1H3. The van der Waals surface area contributed by atoms with Gasteiger partial charge in [0.15, 0.2) is 0 Å². The number of nitrogens with two attached hydrogens (primary N) is 1. The van der Waals surface area contributed by atoms with Crippen LogP contribution in [0, 0.1) is 11.3 Å². The molecule has 0 amide bonds. The zero-order valence-electron chi connectivity index (χ0n) is 6.52. The second-order valence-corrected chi connectivity index (χ2v) is 1.92. The largest absolute Gasteiger partial charge is 0.316 e. The fraction of sp³-hybridized carbons (Fsp3) is 0.857. The van der Waals surface area contributed by atoms with Gasteiger partial charge in [-0.15, -0.1) is 0 Å². The quantitative estimate of drug-likeness (QED) is 0.584. The molecule has 0 radical (unpaired) electrons. The molecule has 0 aliphatic heterocycles. The molecule has 0 spiro atoms. The van der Waals surface area contributed by atoms with E-state index in [0.717, 1.165) is 0 Å². The maximum atomic E-state index is 7.77. The molecule has 0 saturated heterocycles. The van der Waals surface area contributed by atoms with Crippen LogP contribution in [0.5, 0.6) is 0 Å². The predicted molar refractivity (Wildman–Crippen MR) is 39.8 cm³/mol. The topological polar surface area (TPSA) is 49.8 Å². The van der Waals surface area contributed by atoms with E-state index in [-0.39, 0.29) is 6.04 Å². The molecule has 0 aromatic rings. The van der Waals surface area contributed by atoms with Crippen LogP contribution in [0.2, 0.25) is 0 Å². The molecule has 0 aliphatic rings. The third-order valence-electron chi connectivity index (χ3n) is 0.704. The van der Waals surface area contributed by atoms with Gasteiger partial charge in [-0.3, -0.25) is 0 Å². The number of rotatable bonds is 1. The van der Waals surface area contributed by atoms with Crippen molar-refractivity contribution in [3.63, 3.8) is 0 Å². The van der Waals surface area contributed by atoms with Crippen LogP contribution in [-0.2, 0) is 0 Å². The van der Waals surface area contributed by atoms with E-state index >= 15 is 0 Å². The highest BCUT2D eigenvalue weighted by molar-refractivity contribution is 4.80. The van der Waals surface area contributed by atoms with Crippen LogP contribution in [0.25, 0.3) is 0 Å². The van der Waals surface area contributed by atoms with E-state index in [9.17, 15) is 0 Å². The average molecular weight is 128 g/mol. The van der Waals surface area contributed by atoms with Crippen molar-refractivity contribution in [2.45, 2.75) is 39.7 Å². The first kappa shape index (κ1) is 11.3. The fourth-order valence-corrected chi connectivity index (χ4v) is 0. The van der Waals surface area contributed by atoms with Crippen molar-refractivity contribution in [3.8, 4) is 6.07 Å². The lowest BCUT2D eigenvalue weighted by atomic mass is 10.4. The van der Waals surface area contributed by atoms with Gasteiger partial charge in [0, 0.05) is 0 Å². The Balaban J connectivity index is 0. The third-order valence-corrected chi connectivity index (χ3v) is 0.704. The van der Waals surface area contributed by atoms with Crippen LogP contribution in [0.1, 0.15) is 33.6 Å². The summed E-state index contributed by atoms with van der Waals surface area (Å²) in [4.78, 5) is 0. The highest BCUT2D eigenvalue weighted by Gasteiger charge is 1.78. The lowest BCUT2D eigenvalue weighted by molar-refractivity contribution is 0.886. The minimum atomic E-state index is -0.310. The molecule has 0 aromatic heterocycles. The highest BCUT2D eigenvalue weighted by Crippen LogP contribution is 1.76. The van der Waals surface area contributed by atoms with Crippen LogP contribution in [0.4, 0.5) is 0 Å². The van der Waals surface area contributed by atoms with Crippen molar-refractivity contribution < 1.29 is 0 Å². The van der Waals surface area contributed by atoms with Gasteiger partial charge >= 0.3 is 0 Å². The molecule has 54 valence electrons. The van der Waals surface area contributed by atoms with E-state index in [2.05, 4.69) is 13.8 Å². The highest BCUT2D eigenvalue weighted by atomic mass is 14.6. The molecule has 2 nitrogen and oxygen atoms in total. The van der Waals surface area contributed by atoms with Crippen LogP contribution in [0.15, 0.2) is 0 Å². The summed E-state index contributed by atoms with van der Waals surface area (Å²) in [5.41, 5.74) is 4.93. The molecule has 9 heavy (non-hydrogen) atoms. The maximum Gasteiger partial charge on any atom is 0.0899 e. The second-order valence-electron chi connectivity index (χ2n) is 1.92. The lowest BCUT2D eigenvalue weighted by Gasteiger charge is -1.78. The van der Waals surface area contributed by atoms with Gasteiger partial charge in [-0.1, -0.05) is 26.7 Å². The van der Waals surface area contributed by atoms with E-state index in [1.807, 2.05) is 0 Å². The van der Waals surface area contributed by atoms with Gasteiger partial charge in [0.2, 0.25) is 0 Å². The number of nitrogens with zero attached hydrogens (tertiary/aromatic N) is 1. The smallest absolute Gasteiger partial charge is 0.0899 e. The van der Waals surface area contributed by atoms with Gasteiger partial charge in [-0.05, 0) is 6.92 Å². The van der Waals surface area contributed by atoms with Crippen molar-refractivity contribution in [1.29, 1.82) is 5.26 Å². The summed E-state index contributed by atoms with van der Waals surface area (Å²) in [6.45, 7) is 6.00. The van der Waals surface area contributed by atoms with Crippen LogP contribution < -0.4 is 5.73 Å². The molecule has 0 bridgehead atoms. The molecule has 0 heterocycles. The second kappa shape index (κ2) is 10.4.